The molecule has 0 aliphatic carbocycles. The number of hydrogen-bond acceptors (Lipinski definition) is 2. The molecule has 4 heteroatoms. The van der Waals surface area contributed by atoms with Gasteiger partial charge in [-0.15, -0.1) is 0 Å². The van der Waals surface area contributed by atoms with Gasteiger partial charge in [0.1, 0.15) is 11.0 Å². The number of nitrogens with one attached hydrogen (secondary N) is 1. The van der Waals surface area contributed by atoms with Crippen LogP contribution < -0.4 is 5.32 Å². The maximum atomic E-state index is 5.82. The molecule has 0 atom stereocenters. The van der Waals surface area contributed by atoms with Crippen LogP contribution in [0, 0.1) is 6.92 Å². The fourth-order valence-electron chi connectivity index (χ4n) is 1.49. The normalized spacial score (nSPS) is 10.3. The van der Waals surface area contributed by atoms with Crippen molar-refractivity contribution in [3.63, 3.8) is 0 Å². The van der Waals surface area contributed by atoms with Crippen LogP contribution in [-0.2, 0) is 6.54 Å². The lowest BCUT2D eigenvalue weighted by Crippen LogP contribution is -2.02. The van der Waals surface area contributed by atoms with Crippen LogP contribution in [0.15, 0.2) is 40.9 Å². The smallest absolute Gasteiger partial charge is 0.131 e. The van der Waals surface area contributed by atoms with Gasteiger partial charge in [-0.3, -0.25) is 0 Å². The molecule has 17 heavy (non-hydrogen) atoms. The predicted octanol–water partition coefficient (Wildman–Crippen LogP) is 4.42. The van der Waals surface area contributed by atoms with Crippen molar-refractivity contribution in [2.24, 2.45) is 0 Å². The number of aryl methyl sites for hydroxylation is 1. The Morgan fingerprint density at radius 1 is 1.29 bits per heavy atom. The molecule has 2 rings (SSSR count). The van der Waals surface area contributed by atoms with E-state index in [4.69, 9.17) is 11.6 Å². The molecule has 0 unspecified atom stereocenters. The van der Waals surface area contributed by atoms with Crippen LogP contribution in [-0.4, -0.2) is 4.98 Å². The quantitative estimate of drug-likeness (QED) is 0.849. The second kappa shape index (κ2) is 5.52. The van der Waals surface area contributed by atoms with Crippen molar-refractivity contribution >= 4 is 33.3 Å². The van der Waals surface area contributed by atoms with E-state index in [1.165, 1.54) is 11.1 Å². The van der Waals surface area contributed by atoms with Gasteiger partial charge in [-0.25, -0.2) is 4.98 Å². The largest absolute Gasteiger partial charge is 0.366 e. The molecule has 0 aliphatic rings. The summed E-state index contributed by atoms with van der Waals surface area (Å²) < 4.78 is 1.10. The Balaban J connectivity index is 2.07. The van der Waals surface area contributed by atoms with Crippen LogP contribution >= 0.6 is 27.5 Å². The lowest BCUT2D eigenvalue weighted by atomic mass is 10.1. The highest BCUT2D eigenvalue weighted by Gasteiger charge is 2.01. The zero-order chi connectivity index (χ0) is 12.3. The van der Waals surface area contributed by atoms with Gasteiger partial charge >= 0.3 is 0 Å². The van der Waals surface area contributed by atoms with E-state index in [9.17, 15) is 0 Å². The van der Waals surface area contributed by atoms with E-state index >= 15 is 0 Å². The van der Waals surface area contributed by atoms with E-state index in [0.29, 0.717) is 11.7 Å². The van der Waals surface area contributed by atoms with Gasteiger partial charge in [-0.2, -0.15) is 0 Å². The van der Waals surface area contributed by atoms with Crippen molar-refractivity contribution in [3.8, 4) is 0 Å². The third-order valence-electron chi connectivity index (χ3n) is 2.38. The summed E-state index contributed by atoms with van der Waals surface area (Å²) in [5, 5.41) is 3.73. The van der Waals surface area contributed by atoms with E-state index in [1.807, 2.05) is 12.1 Å². The molecule has 2 nitrogen and oxygen atoms in total. The summed E-state index contributed by atoms with van der Waals surface area (Å²) in [5.74, 6) is 0.782. The van der Waals surface area contributed by atoms with Gasteiger partial charge in [0.25, 0.3) is 0 Å². The Kier molecular flexibility index (Phi) is 4.02. The summed E-state index contributed by atoms with van der Waals surface area (Å²) in [6.07, 6.45) is 0. The number of aromatic nitrogens is 1. The molecular weight excluding hydrogens is 300 g/mol. The zero-order valence-corrected chi connectivity index (χ0v) is 11.7. The molecule has 1 N–H and O–H groups in total. The van der Waals surface area contributed by atoms with Crippen molar-refractivity contribution in [1.82, 2.24) is 4.98 Å². The van der Waals surface area contributed by atoms with Crippen LogP contribution in [0.5, 0.6) is 0 Å². The molecule has 0 radical (unpaired) electrons. The van der Waals surface area contributed by atoms with Crippen LogP contribution in [0.2, 0.25) is 5.15 Å². The Labute approximate surface area is 114 Å². The number of nitrogens with zero attached hydrogens (tertiary/aromatic N) is 1. The molecule has 2 aromatic rings. The van der Waals surface area contributed by atoms with Crippen LogP contribution in [0.3, 0.4) is 0 Å². The van der Waals surface area contributed by atoms with Gasteiger partial charge in [0, 0.05) is 11.0 Å². The van der Waals surface area contributed by atoms with Crippen LogP contribution in [0.25, 0.3) is 0 Å². The molecule has 0 bridgehead atoms. The number of anilines is 1. The van der Waals surface area contributed by atoms with Crippen molar-refractivity contribution in [1.29, 1.82) is 0 Å². The molecule has 0 aliphatic heterocycles. The summed E-state index contributed by atoms with van der Waals surface area (Å²) in [4.78, 5) is 4.17. The number of rotatable bonds is 3. The van der Waals surface area contributed by atoms with Crippen LogP contribution in [0.4, 0.5) is 5.82 Å². The van der Waals surface area contributed by atoms with Gasteiger partial charge in [-0.1, -0.05) is 45.7 Å². The van der Waals surface area contributed by atoms with Crippen molar-refractivity contribution in [3.05, 3.63) is 57.2 Å². The van der Waals surface area contributed by atoms with Gasteiger partial charge in [0.05, 0.1) is 0 Å². The minimum atomic E-state index is 0.498. The first-order chi connectivity index (χ1) is 8.15. The monoisotopic (exact) mass is 310 g/mol. The Hall–Kier alpha value is -1.06. The summed E-state index contributed by atoms with van der Waals surface area (Å²) in [5.41, 5.74) is 2.43. The van der Waals surface area contributed by atoms with Crippen molar-refractivity contribution < 1.29 is 0 Å². The Bertz CT molecular complexity index is 529. The first kappa shape index (κ1) is 12.4. The number of hydrogen-bond donors (Lipinski definition) is 1. The van der Waals surface area contributed by atoms with Gasteiger partial charge in [-0.05, 0) is 36.2 Å². The lowest BCUT2D eigenvalue weighted by molar-refractivity contribution is 1.10. The minimum Gasteiger partial charge on any atom is -0.366 e. The third-order valence-corrected chi connectivity index (χ3v) is 3.33. The maximum Gasteiger partial charge on any atom is 0.131 e. The summed E-state index contributed by atoms with van der Waals surface area (Å²) in [7, 11) is 0. The molecule has 0 fully saturated rings. The first-order valence-corrected chi connectivity index (χ1v) is 6.44. The SMILES string of the molecule is Cc1ccc(CNc2cccc(Cl)n2)c(Br)c1. The topological polar surface area (TPSA) is 24.9 Å². The van der Waals surface area contributed by atoms with E-state index < -0.39 is 0 Å². The molecule has 88 valence electrons. The highest BCUT2D eigenvalue weighted by Crippen LogP contribution is 2.19. The van der Waals surface area contributed by atoms with E-state index in [2.05, 4.69) is 51.4 Å². The standard InChI is InChI=1S/C13H12BrClN2/c1-9-5-6-10(11(14)7-9)8-16-13-4-2-3-12(15)17-13/h2-7H,8H2,1H3,(H,16,17). The average Bonchev–Trinajstić information content (AvgIpc) is 2.28. The van der Waals surface area contributed by atoms with Crippen LogP contribution in [0.1, 0.15) is 11.1 Å². The highest BCUT2D eigenvalue weighted by atomic mass is 79.9. The number of benzene rings is 1. The van der Waals surface area contributed by atoms with Crippen molar-refractivity contribution in [2.45, 2.75) is 13.5 Å². The number of pyridine rings is 1. The molecule has 0 saturated heterocycles. The summed E-state index contributed by atoms with van der Waals surface area (Å²) in [6.45, 7) is 2.79. The van der Waals surface area contributed by atoms with Gasteiger partial charge in [0.15, 0.2) is 0 Å². The first-order valence-electron chi connectivity index (χ1n) is 5.26. The summed E-state index contributed by atoms with van der Waals surface area (Å²) in [6, 6.07) is 11.8. The molecule has 1 aromatic heterocycles. The molecule has 1 aromatic carbocycles. The van der Waals surface area contributed by atoms with E-state index in [-0.39, 0.29) is 0 Å². The van der Waals surface area contributed by atoms with E-state index in [1.54, 1.807) is 6.07 Å². The maximum absolute atomic E-state index is 5.82. The predicted molar refractivity (Wildman–Crippen MR) is 75.5 cm³/mol. The third kappa shape index (κ3) is 3.45. The molecule has 0 saturated carbocycles. The second-order valence-corrected chi connectivity index (χ2v) is 5.04. The van der Waals surface area contributed by atoms with Gasteiger partial charge < -0.3 is 5.32 Å². The molecule has 0 amide bonds. The summed E-state index contributed by atoms with van der Waals surface area (Å²) >= 11 is 9.37. The minimum absolute atomic E-state index is 0.498. The molecule has 1 heterocycles. The lowest BCUT2D eigenvalue weighted by Gasteiger charge is -2.08. The zero-order valence-electron chi connectivity index (χ0n) is 9.37. The highest BCUT2D eigenvalue weighted by molar-refractivity contribution is 9.10. The average molecular weight is 312 g/mol. The fourth-order valence-corrected chi connectivity index (χ4v) is 2.29. The molecule has 0 spiro atoms. The van der Waals surface area contributed by atoms with E-state index in [0.717, 1.165) is 10.3 Å². The van der Waals surface area contributed by atoms with Gasteiger partial charge in [0.2, 0.25) is 0 Å². The fraction of sp³-hybridized carbons (Fsp3) is 0.154. The van der Waals surface area contributed by atoms with Crippen molar-refractivity contribution in [2.75, 3.05) is 5.32 Å². The molecular formula is C13H12BrClN2. The second-order valence-electron chi connectivity index (χ2n) is 3.79. The Morgan fingerprint density at radius 3 is 2.82 bits per heavy atom. The Morgan fingerprint density at radius 2 is 2.12 bits per heavy atom. The number of halogens is 2.